The van der Waals surface area contributed by atoms with Crippen molar-refractivity contribution in [3.63, 3.8) is 0 Å². The van der Waals surface area contributed by atoms with Gasteiger partial charge in [0.2, 0.25) is 0 Å². The van der Waals surface area contributed by atoms with Gasteiger partial charge in [0.05, 0.1) is 26.2 Å². The van der Waals surface area contributed by atoms with E-state index in [1.165, 1.54) is 19.6 Å². The molecule has 0 atom stereocenters. The van der Waals surface area contributed by atoms with E-state index in [4.69, 9.17) is 0 Å². The highest BCUT2D eigenvalue weighted by Crippen LogP contribution is 2.08. The van der Waals surface area contributed by atoms with Gasteiger partial charge < -0.3 is 33.3 Å². The maximum Gasteiger partial charge on any atom is 0.130 e. The molecule has 0 aromatic heterocycles. The number of ketones is 1. The van der Waals surface area contributed by atoms with Gasteiger partial charge in [0.15, 0.2) is 0 Å². The number of carbonyl (C=O) groups excluding carboxylic acids is 1. The van der Waals surface area contributed by atoms with Crippen molar-refractivity contribution in [1.82, 2.24) is 0 Å². The molecule has 0 fully saturated rings. The number of nitrogens with zero attached hydrogens (tertiary/aromatic N) is 1. The zero-order valence-corrected chi connectivity index (χ0v) is 12.1. The highest BCUT2D eigenvalue weighted by Gasteiger charge is 2.19. The number of quaternary nitrogens is 1. The number of halogens is 1. The van der Waals surface area contributed by atoms with Crippen LogP contribution in [0.1, 0.15) is 40.5 Å². The van der Waals surface area contributed by atoms with Crippen LogP contribution in [0.15, 0.2) is 0 Å². The monoisotopic (exact) mass is 313 g/mol. The molecule has 0 saturated heterocycles. The summed E-state index contributed by atoms with van der Waals surface area (Å²) in [5.74, 6) is 0.321. The average molecular weight is 313 g/mol. The Bertz CT molecular complexity index is 147. The molecule has 0 bridgehead atoms. The van der Waals surface area contributed by atoms with Gasteiger partial charge in [-0.05, 0) is 27.7 Å². The van der Waals surface area contributed by atoms with Crippen LogP contribution in [-0.2, 0) is 4.79 Å². The lowest BCUT2D eigenvalue weighted by Crippen LogP contribution is -3.00. The third-order valence-corrected chi connectivity index (χ3v) is 3.17. The fraction of sp³-hybridized carbons (Fsp3) is 0.909. The summed E-state index contributed by atoms with van der Waals surface area (Å²) in [6, 6.07) is 0. The van der Waals surface area contributed by atoms with Crippen molar-refractivity contribution in [2.75, 3.05) is 26.2 Å². The number of Topliss-reactive ketones (excluding diaryl/α,β-unsaturated/α-hetero) is 1. The molecule has 0 aliphatic carbocycles. The van der Waals surface area contributed by atoms with Gasteiger partial charge >= 0.3 is 0 Å². The number of hydrogen-bond acceptors (Lipinski definition) is 1. The molecule has 0 aliphatic rings. The van der Waals surface area contributed by atoms with E-state index >= 15 is 0 Å². The summed E-state index contributed by atoms with van der Waals surface area (Å²) < 4.78 is 1.16. The van der Waals surface area contributed by atoms with Crippen LogP contribution in [0.25, 0.3) is 0 Å². The molecule has 3 heteroatoms. The fourth-order valence-corrected chi connectivity index (χ4v) is 1.81. The molecule has 0 aromatic carbocycles. The summed E-state index contributed by atoms with van der Waals surface area (Å²) in [5, 5.41) is 0. The first-order valence-electron chi connectivity index (χ1n) is 5.44. The topological polar surface area (TPSA) is 17.1 Å². The summed E-state index contributed by atoms with van der Waals surface area (Å²) >= 11 is 0. The van der Waals surface area contributed by atoms with E-state index in [0.29, 0.717) is 5.78 Å². The molecule has 0 N–H and O–H groups in total. The van der Waals surface area contributed by atoms with Crippen molar-refractivity contribution in [2.45, 2.75) is 40.5 Å². The Kier molecular flexibility index (Phi) is 10.4. The lowest BCUT2D eigenvalue weighted by atomic mass is 10.2. The molecule has 0 saturated carbocycles. The summed E-state index contributed by atoms with van der Waals surface area (Å²) in [6.07, 6.45) is 1.80. The van der Waals surface area contributed by atoms with Crippen LogP contribution in [-0.4, -0.2) is 36.4 Å². The molecule has 2 nitrogen and oxygen atoms in total. The minimum Gasteiger partial charge on any atom is -1.00 e. The first-order chi connectivity index (χ1) is 6.10. The molecule has 0 aliphatic heterocycles. The van der Waals surface area contributed by atoms with Gasteiger partial charge in [-0.3, -0.25) is 0 Å². The Morgan fingerprint density at radius 3 is 1.79 bits per heavy atom. The second-order valence-corrected chi connectivity index (χ2v) is 3.82. The van der Waals surface area contributed by atoms with Crippen LogP contribution >= 0.6 is 0 Å². The molecule has 0 unspecified atom stereocenters. The van der Waals surface area contributed by atoms with Crippen LogP contribution in [0.2, 0.25) is 0 Å². The molecule has 0 spiro atoms. The summed E-state index contributed by atoms with van der Waals surface area (Å²) in [6.45, 7) is 13.1. The van der Waals surface area contributed by atoms with Gasteiger partial charge in [-0.25, -0.2) is 0 Å². The molecule has 0 radical (unpaired) electrons. The minimum atomic E-state index is 0. The standard InChI is InChI=1S/C11H24NO.HI/c1-5-12(6-2,7-3)10-8-9-11(4)13;/h5-10H2,1-4H3;1H/q+1;/p-1. The Balaban J connectivity index is 0. The predicted octanol–water partition coefficient (Wildman–Crippen LogP) is -0.764. The highest BCUT2D eigenvalue weighted by atomic mass is 127. The Hall–Kier alpha value is 0.360. The highest BCUT2D eigenvalue weighted by molar-refractivity contribution is 5.75. The minimum absolute atomic E-state index is 0. The fourth-order valence-electron chi connectivity index (χ4n) is 1.81. The number of rotatable bonds is 7. The van der Waals surface area contributed by atoms with Crippen LogP contribution in [0.3, 0.4) is 0 Å². The Morgan fingerprint density at radius 1 is 1.07 bits per heavy atom. The van der Waals surface area contributed by atoms with E-state index in [0.717, 1.165) is 23.9 Å². The van der Waals surface area contributed by atoms with E-state index in [-0.39, 0.29) is 24.0 Å². The lowest BCUT2D eigenvalue weighted by molar-refractivity contribution is -0.923. The normalized spacial score (nSPS) is 10.9. The van der Waals surface area contributed by atoms with Crippen molar-refractivity contribution in [3.05, 3.63) is 0 Å². The molecular formula is C11H24INO. The quantitative estimate of drug-likeness (QED) is 0.446. The Labute approximate surface area is 106 Å². The smallest absolute Gasteiger partial charge is 0.130 e. The third-order valence-electron chi connectivity index (χ3n) is 3.17. The van der Waals surface area contributed by atoms with Crippen molar-refractivity contribution in [2.24, 2.45) is 0 Å². The largest absolute Gasteiger partial charge is 1.00 e. The molecule has 0 aromatic rings. The van der Waals surface area contributed by atoms with E-state index in [9.17, 15) is 4.79 Å². The maximum absolute atomic E-state index is 10.8. The van der Waals surface area contributed by atoms with Gasteiger partial charge in [-0.2, -0.15) is 0 Å². The molecule has 0 heterocycles. The molecular weight excluding hydrogens is 289 g/mol. The van der Waals surface area contributed by atoms with Crippen molar-refractivity contribution in [3.8, 4) is 0 Å². The summed E-state index contributed by atoms with van der Waals surface area (Å²) in [4.78, 5) is 10.8. The van der Waals surface area contributed by atoms with Crippen LogP contribution in [0.4, 0.5) is 0 Å². The Morgan fingerprint density at radius 2 is 1.50 bits per heavy atom. The van der Waals surface area contributed by atoms with Crippen LogP contribution < -0.4 is 24.0 Å². The number of hydrogen-bond donors (Lipinski definition) is 0. The van der Waals surface area contributed by atoms with E-state index in [1.54, 1.807) is 6.92 Å². The van der Waals surface area contributed by atoms with Crippen molar-refractivity contribution in [1.29, 1.82) is 0 Å². The summed E-state index contributed by atoms with van der Waals surface area (Å²) in [7, 11) is 0. The first kappa shape index (κ1) is 16.8. The van der Waals surface area contributed by atoms with Crippen molar-refractivity contribution < 1.29 is 33.3 Å². The van der Waals surface area contributed by atoms with E-state index in [1.807, 2.05) is 0 Å². The van der Waals surface area contributed by atoms with Gasteiger partial charge in [0.25, 0.3) is 0 Å². The first-order valence-corrected chi connectivity index (χ1v) is 5.44. The van der Waals surface area contributed by atoms with E-state index < -0.39 is 0 Å². The summed E-state index contributed by atoms with van der Waals surface area (Å²) in [5.41, 5.74) is 0. The predicted molar refractivity (Wildman–Crippen MR) is 56.7 cm³/mol. The zero-order chi connectivity index (χ0) is 10.3. The molecule has 86 valence electrons. The van der Waals surface area contributed by atoms with Gasteiger partial charge in [-0.15, -0.1) is 0 Å². The molecule has 0 rings (SSSR count). The second kappa shape index (κ2) is 8.65. The van der Waals surface area contributed by atoms with Gasteiger partial charge in [-0.1, -0.05) is 0 Å². The number of carbonyl (C=O) groups is 1. The van der Waals surface area contributed by atoms with E-state index in [2.05, 4.69) is 20.8 Å². The van der Waals surface area contributed by atoms with Gasteiger partial charge in [0.1, 0.15) is 5.78 Å². The average Bonchev–Trinajstić information content (AvgIpc) is 2.13. The third kappa shape index (κ3) is 5.96. The SMILES string of the molecule is CC[N+](CC)(CC)CCCC(C)=O.[I-]. The van der Waals surface area contributed by atoms with Crippen LogP contribution in [0.5, 0.6) is 0 Å². The van der Waals surface area contributed by atoms with Crippen molar-refractivity contribution >= 4 is 5.78 Å². The van der Waals surface area contributed by atoms with Crippen LogP contribution in [0, 0.1) is 0 Å². The molecule has 0 amide bonds. The molecule has 14 heavy (non-hydrogen) atoms. The zero-order valence-electron chi connectivity index (χ0n) is 9.98. The second-order valence-electron chi connectivity index (χ2n) is 3.82. The van der Waals surface area contributed by atoms with Gasteiger partial charge in [0, 0.05) is 12.8 Å². The lowest BCUT2D eigenvalue weighted by Gasteiger charge is -2.35. The maximum atomic E-state index is 10.8.